The molecule has 0 radical (unpaired) electrons. The first-order valence-corrected chi connectivity index (χ1v) is 4.72. The summed E-state index contributed by atoms with van der Waals surface area (Å²) in [6.45, 7) is 1.79. The van der Waals surface area contributed by atoms with Gasteiger partial charge in [0.05, 0.1) is 5.56 Å². The molecule has 0 bridgehead atoms. The topological polar surface area (TPSA) is 59.2 Å². The molecule has 0 fully saturated rings. The van der Waals surface area contributed by atoms with Gasteiger partial charge in [0, 0.05) is 5.38 Å². The molecule has 1 N–H and O–H groups in total. The van der Waals surface area contributed by atoms with Crippen LogP contribution in [0, 0.1) is 6.92 Å². The van der Waals surface area contributed by atoms with Crippen molar-refractivity contribution in [3.8, 4) is 11.5 Å². The summed E-state index contributed by atoms with van der Waals surface area (Å²) in [5.74, 6) is 0.795. The van der Waals surface area contributed by atoms with Crippen molar-refractivity contribution < 1.29 is 9.63 Å². The molecular formula is C8H8N2O2S. The predicted octanol–water partition coefficient (Wildman–Crippen LogP) is 1.60. The van der Waals surface area contributed by atoms with Crippen molar-refractivity contribution in [1.29, 1.82) is 0 Å². The molecule has 0 saturated heterocycles. The number of aliphatic hydroxyl groups is 1. The maximum Gasteiger partial charge on any atom is 0.259 e. The summed E-state index contributed by atoms with van der Waals surface area (Å²) in [7, 11) is 0. The van der Waals surface area contributed by atoms with E-state index < -0.39 is 0 Å². The Labute approximate surface area is 78.8 Å². The minimum Gasteiger partial charge on any atom is -0.388 e. The maximum atomic E-state index is 8.74. The first-order valence-electron chi connectivity index (χ1n) is 3.78. The van der Waals surface area contributed by atoms with Gasteiger partial charge in [-0.2, -0.15) is 16.3 Å². The van der Waals surface area contributed by atoms with Crippen LogP contribution in [0.4, 0.5) is 0 Å². The van der Waals surface area contributed by atoms with Gasteiger partial charge in [-0.25, -0.2) is 0 Å². The van der Waals surface area contributed by atoms with Crippen LogP contribution in [-0.2, 0) is 6.61 Å². The Morgan fingerprint density at radius 3 is 2.92 bits per heavy atom. The molecule has 2 rings (SSSR count). The van der Waals surface area contributed by atoms with Crippen molar-refractivity contribution in [2.75, 3.05) is 0 Å². The molecular weight excluding hydrogens is 188 g/mol. The van der Waals surface area contributed by atoms with E-state index in [1.165, 1.54) is 0 Å². The number of aromatic nitrogens is 2. The summed E-state index contributed by atoms with van der Waals surface area (Å²) in [5, 5.41) is 16.3. The lowest BCUT2D eigenvalue weighted by molar-refractivity contribution is 0.264. The Bertz CT molecular complexity index is 408. The number of thiophene rings is 1. The fraction of sp³-hybridized carbons (Fsp3) is 0.250. The second kappa shape index (κ2) is 3.27. The fourth-order valence-corrected chi connectivity index (χ4v) is 1.83. The first kappa shape index (κ1) is 8.40. The van der Waals surface area contributed by atoms with E-state index in [0.717, 1.165) is 11.1 Å². The molecule has 0 amide bonds. The maximum absolute atomic E-state index is 8.74. The molecule has 0 aromatic carbocycles. The molecule has 0 aliphatic rings. The zero-order valence-electron chi connectivity index (χ0n) is 7.02. The normalized spacial score (nSPS) is 10.6. The Morgan fingerprint density at radius 1 is 1.54 bits per heavy atom. The van der Waals surface area contributed by atoms with Gasteiger partial charge in [-0.15, -0.1) is 0 Å². The molecule has 2 heterocycles. The number of hydrogen-bond acceptors (Lipinski definition) is 5. The molecule has 2 aromatic heterocycles. The van der Waals surface area contributed by atoms with Gasteiger partial charge in [0.25, 0.3) is 5.89 Å². The van der Waals surface area contributed by atoms with Crippen LogP contribution in [0.2, 0.25) is 0 Å². The third-order valence-electron chi connectivity index (χ3n) is 1.70. The first-order chi connectivity index (χ1) is 6.31. The second-order valence-corrected chi connectivity index (χ2v) is 3.39. The van der Waals surface area contributed by atoms with Gasteiger partial charge in [0.1, 0.15) is 6.61 Å². The van der Waals surface area contributed by atoms with Gasteiger partial charge >= 0.3 is 0 Å². The average Bonchev–Trinajstić information content (AvgIpc) is 2.71. The largest absolute Gasteiger partial charge is 0.388 e. The highest BCUT2D eigenvalue weighted by Crippen LogP contribution is 2.24. The van der Waals surface area contributed by atoms with Crippen LogP contribution in [0.1, 0.15) is 11.4 Å². The lowest BCUT2D eigenvalue weighted by atomic mass is 10.2. The van der Waals surface area contributed by atoms with Crippen molar-refractivity contribution in [3.05, 3.63) is 22.1 Å². The molecule has 68 valence electrons. The average molecular weight is 196 g/mol. The highest BCUT2D eigenvalue weighted by molar-refractivity contribution is 7.08. The number of aliphatic hydroxyl groups excluding tert-OH is 1. The zero-order valence-corrected chi connectivity index (χ0v) is 7.84. The Hall–Kier alpha value is -1.20. The van der Waals surface area contributed by atoms with Crippen LogP contribution in [0.5, 0.6) is 0 Å². The third kappa shape index (κ3) is 1.48. The number of aryl methyl sites for hydroxylation is 1. The van der Waals surface area contributed by atoms with Crippen molar-refractivity contribution in [3.63, 3.8) is 0 Å². The summed E-state index contributed by atoms with van der Waals surface area (Å²) < 4.78 is 4.97. The highest BCUT2D eigenvalue weighted by atomic mass is 32.1. The third-order valence-corrected chi connectivity index (χ3v) is 2.56. The van der Waals surface area contributed by atoms with Crippen molar-refractivity contribution in [1.82, 2.24) is 10.1 Å². The zero-order chi connectivity index (χ0) is 9.26. The van der Waals surface area contributed by atoms with Gasteiger partial charge in [-0.3, -0.25) is 0 Å². The smallest absolute Gasteiger partial charge is 0.259 e. The van der Waals surface area contributed by atoms with E-state index in [9.17, 15) is 0 Å². The van der Waals surface area contributed by atoms with E-state index in [1.807, 2.05) is 17.7 Å². The van der Waals surface area contributed by atoms with Crippen LogP contribution in [-0.4, -0.2) is 15.2 Å². The number of hydrogen-bond donors (Lipinski definition) is 1. The summed E-state index contributed by atoms with van der Waals surface area (Å²) in [5.41, 5.74) is 2.05. The molecule has 4 nitrogen and oxygen atoms in total. The van der Waals surface area contributed by atoms with Gasteiger partial charge in [-0.1, -0.05) is 5.16 Å². The predicted molar refractivity (Wildman–Crippen MR) is 48.3 cm³/mol. The Balaban J connectivity index is 2.41. The fourth-order valence-electron chi connectivity index (χ4n) is 1.01. The molecule has 0 atom stereocenters. The molecule has 2 aromatic rings. The SMILES string of the molecule is Cc1cscc1-c1nc(CO)no1. The number of nitrogens with zero attached hydrogens (tertiary/aromatic N) is 2. The minimum absolute atomic E-state index is 0.188. The van der Waals surface area contributed by atoms with Crippen molar-refractivity contribution in [2.45, 2.75) is 13.5 Å². The molecule has 0 saturated carbocycles. The van der Waals surface area contributed by atoms with Crippen LogP contribution in [0.25, 0.3) is 11.5 Å². The lowest BCUT2D eigenvalue weighted by Gasteiger charge is -1.88. The number of rotatable bonds is 2. The van der Waals surface area contributed by atoms with E-state index in [1.54, 1.807) is 11.3 Å². The van der Waals surface area contributed by atoms with Crippen LogP contribution in [0.15, 0.2) is 15.3 Å². The van der Waals surface area contributed by atoms with E-state index in [-0.39, 0.29) is 6.61 Å². The van der Waals surface area contributed by atoms with Crippen molar-refractivity contribution in [2.24, 2.45) is 0 Å². The van der Waals surface area contributed by atoms with Crippen LogP contribution >= 0.6 is 11.3 Å². The van der Waals surface area contributed by atoms with E-state index in [4.69, 9.17) is 9.63 Å². The molecule has 0 aliphatic carbocycles. The quantitative estimate of drug-likeness (QED) is 0.792. The molecule has 0 aliphatic heterocycles. The molecule has 13 heavy (non-hydrogen) atoms. The summed E-state index contributed by atoms with van der Waals surface area (Å²) in [6.07, 6.45) is 0. The van der Waals surface area contributed by atoms with Crippen molar-refractivity contribution >= 4 is 11.3 Å². The minimum atomic E-state index is -0.188. The van der Waals surface area contributed by atoms with Crippen LogP contribution < -0.4 is 0 Å². The second-order valence-electron chi connectivity index (χ2n) is 2.64. The Kier molecular flexibility index (Phi) is 2.12. The highest BCUT2D eigenvalue weighted by Gasteiger charge is 2.10. The Morgan fingerprint density at radius 2 is 2.38 bits per heavy atom. The van der Waals surface area contributed by atoms with E-state index in [2.05, 4.69) is 10.1 Å². The lowest BCUT2D eigenvalue weighted by Crippen LogP contribution is -1.84. The van der Waals surface area contributed by atoms with Crippen LogP contribution in [0.3, 0.4) is 0 Å². The van der Waals surface area contributed by atoms with Gasteiger partial charge in [-0.05, 0) is 17.9 Å². The van der Waals surface area contributed by atoms with Gasteiger partial charge < -0.3 is 9.63 Å². The summed E-state index contributed by atoms with van der Waals surface area (Å²) >= 11 is 1.59. The molecule has 0 spiro atoms. The van der Waals surface area contributed by atoms with E-state index in [0.29, 0.717) is 11.7 Å². The standard InChI is InChI=1S/C8H8N2O2S/c1-5-3-13-4-6(5)8-9-7(2-11)10-12-8/h3-4,11H,2H2,1H3. The summed E-state index contributed by atoms with van der Waals surface area (Å²) in [4.78, 5) is 4.01. The van der Waals surface area contributed by atoms with Gasteiger partial charge in [0.15, 0.2) is 5.82 Å². The van der Waals surface area contributed by atoms with Gasteiger partial charge in [0.2, 0.25) is 0 Å². The summed E-state index contributed by atoms with van der Waals surface area (Å²) in [6, 6.07) is 0. The molecule has 0 unspecified atom stereocenters. The monoisotopic (exact) mass is 196 g/mol. The molecule has 5 heteroatoms. The van der Waals surface area contributed by atoms with E-state index >= 15 is 0 Å².